The van der Waals surface area contributed by atoms with Crippen molar-refractivity contribution in [3.05, 3.63) is 29.6 Å². The molecule has 0 heterocycles. The summed E-state index contributed by atoms with van der Waals surface area (Å²) in [6.45, 7) is 3.69. The first-order chi connectivity index (χ1) is 8.99. The van der Waals surface area contributed by atoms with Gasteiger partial charge in [-0.05, 0) is 13.3 Å². The second-order valence-electron chi connectivity index (χ2n) is 3.98. The van der Waals surface area contributed by atoms with Crippen molar-refractivity contribution >= 4 is 11.7 Å². The van der Waals surface area contributed by atoms with Gasteiger partial charge < -0.3 is 10.1 Å². The average Bonchev–Trinajstić information content (AvgIpc) is 2.35. The van der Waals surface area contributed by atoms with Crippen LogP contribution < -0.4 is 5.32 Å². The number of halogens is 3. The van der Waals surface area contributed by atoms with Crippen molar-refractivity contribution in [3.63, 3.8) is 0 Å². The minimum absolute atomic E-state index is 0.195. The number of nitrogens with one attached hydrogen (secondary N) is 1. The van der Waals surface area contributed by atoms with Gasteiger partial charge in [-0.25, -0.2) is 18.0 Å². The number of anilines is 1. The standard InChI is InChI=1S/C13H16F3NO2/c1-3-5-11(13(18)19-4-2)17-12-7-9(15)8(14)6-10(12)16/h6-7,11,17H,3-5H2,1-2H3. The summed E-state index contributed by atoms with van der Waals surface area (Å²) < 4.78 is 44.1. The van der Waals surface area contributed by atoms with Crippen molar-refractivity contribution < 1.29 is 22.7 Å². The molecule has 0 saturated heterocycles. The van der Waals surface area contributed by atoms with Crippen LogP contribution in [0.15, 0.2) is 12.1 Å². The maximum absolute atomic E-state index is 13.5. The first-order valence-corrected chi connectivity index (χ1v) is 6.07. The fraction of sp³-hybridized carbons (Fsp3) is 0.462. The largest absolute Gasteiger partial charge is 0.464 e. The molecule has 0 aliphatic carbocycles. The van der Waals surface area contributed by atoms with Crippen LogP contribution in [-0.4, -0.2) is 18.6 Å². The van der Waals surface area contributed by atoms with Crippen LogP contribution in [0.25, 0.3) is 0 Å². The minimum atomic E-state index is -1.27. The lowest BCUT2D eigenvalue weighted by Crippen LogP contribution is -2.31. The number of esters is 1. The molecule has 1 N–H and O–H groups in total. The molecule has 0 amide bonds. The fourth-order valence-electron chi connectivity index (χ4n) is 1.60. The highest BCUT2D eigenvalue weighted by molar-refractivity contribution is 5.79. The van der Waals surface area contributed by atoms with Gasteiger partial charge in [0.1, 0.15) is 11.9 Å². The van der Waals surface area contributed by atoms with E-state index in [0.717, 1.165) is 0 Å². The number of carbonyl (C=O) groups is 1. The van der Waals surface area contributed by atoms with Crippen molar-refractivity contribution in [2.24, 2.45) is 0 Å². The summed E-state index contributed by atoms with van der Waals surface area (Å²) in [7, 11) is 0. The van der Waals surface area contributed by atoms with E-state index in [0.29, 0.717) is 25.0 Å². The molecular weight excluding hydrogens is 259 g/mol. The Morgan fingerprint density at radius 1 is 1.21 bits per heavy atom. The lowest BCUT2D eigenvalue weighted by molar-refractivity contribution is -0.144. The first-order valence-electron chi connectivity index (χ1n) is 6.07. The smallest absolute Gasteiger partial charge is 0.328 e. The van der Waals surface area contributed by atoms with Crippen LogP contribution in [0.1, 0.15) is 26.7 Å². The molecule has 0 spiro atoms. The van der Waals surface area contributed by atoms with Crippen molar-refractivity contribution in [2.75, 3.05) is 11.9 Å². The van der Waals surface area contributed by atoms with Crippen molar-refractivity contribution in [1.29, 1.82) is 0 Å². The lowest BCUT2D eigenvalue weighted by atomic mass is 10.1. The molecule has 6 heteroatoms. The van der Waals surface area contributed by atoms with E-state index in [4.69, 9.17) is 4.74 Å². The Labute approximate surface area is 109 Å². The third-order valence-electron chi connectivity index (χ3n) is 2.49. The Balaban J connectivity index is 2.90. The number of rotatable bonds is 6. The molecule has 19 heavy (non-hydrogen) atoms. The van der Waals surface area contributed by atoms with Crippen LogP contribution in [0.5, 0.6) is 0 Å². The molecule has 3 nitrogen and oxygen atoms in total. The highest BCUT2D eigenvalue weighted by atomic mass is 19.2. The number of hydrogen-bond donors (Lipinski definition) is 1. The van der Waals surface area contributed by atoms with E-state index in [-0.39, 0.29) is 12.3 Å². The maximum Gasteiger partial charge on any atom is 0.328 e. The second kappa shape index (κ2) is 7.01. The number of benzene rings is 1. The van der Waals surface area contributed by atoms with Gasteiger partial charge in [0.25, 0.3) is 0 Å². The van der Waals surface area contributed by atoms with Crippen molar-refractivity contribution in [3.8, 4) is 0 Å². The topological polar surface area (TPSA) is 38.3 Å². The number of carbonyl (C=O) groups excluding carboxylic acids is 1. The van der Waals surface area contributed by atoms with Crippen LogP contribution in [0, 0.1) is 17.5 Å². The van der Waals surface area contributed by atoms with E-state index < -0.39 is 29.5 Å². The summed E-state index contributed by atoms with van der Waals surface area (Å²) in [6, 6.07) is 0.336. The van der Waals surface area contributed by atoms with Gasteiger partial charge >= 0.3 is 5.97 Å². The van der Waals surface area contributed by atoms with E-state index in [1.54, 1.807) is 6.92 Å². The van der Waals surface area contributed by atoms with Gasteiger partial charge in [0.15, 0.2) is 11.6 Å². The first kappa shape index (κ1) is 15.3. The Morgan fingerprint density at radius 2 is 1.84 bits per heavy atom. The summed E-state index contributed by atoms with van der Waals surface area (Å²) in [5.74, 6) is -3.95. The Morgan fingerprint density at radius 3 is 2.42 bits per heavy atom. The molecule has 0 aromatic heterocycles. The van der Waals surface area contributed by atoms with Gasteiger partial charge in [0.2, 0.25) is 0 Å². The molecule has 0 aliphatic rings. The van der Waals surface area contributed by atoms with Crippen LogP contribution >= 0.6 is 0 Å². The SMILES string of the molecule is CCCC(Nc1cc(F)c(F)cc1F)C(=O)OCC. The summed E-state index contributed by atoms with van der Waals surface area (Å²) in [4.78, 5) is 11.6. The molecule has 0 fully saturated rings. The Hall–Kier alpha value is -1.72. The summed E-state index contributed by atoms with van der Waals surface area (Å²) in [6.07, 6.45) is 1.05. The second-order valence-corrected chi connectivity index (χ2v) is 3.98. The zero-order valence-corrected chi connectivity index (χ0v) is 10.8. The van der Waals surface area contributed by atoms with Gasteiger partial charge in [0.05, 0.1) is 12.3 Å². The van der Waals surface area contributed by atoms with Crippen molar-refractivity contribution in [2.45, 2.75) is 32.7 Å². The molecule has 0 bridgehead atoms. The highest BCUT2D eigenvalue weighted by Crippen LogP contribution is 2.20. The van der Waals surface area contributed by atoms with Crippen molar-refractivity contribution in [1.82, 2.24) is 0 Å². The maximum atomic E-state index is 13.5. The number of ether oxygens (including phenoxy) is 1. The Bertz CT molecular complexity index is 452. The molecule has 1 aromatic carbocycles. The molecule has 1 atom stereocenters. The van der Waals surface area contributed by atoms with E-state index in [1.807, 2.05) is 6.92 Å². The molecule has 1 unspecified atom stereocenters. The summed E-state index contributed by atoms with van der Waals surface area (Å²) in [5.41, 5.74) is -0.259. The van der Waals surface area contributed by atoms with Gasteiger partial charge in [0, 0.05) is 12.1 Å². The van der Waals surface area contributed by atoms with E-state index in [2.05, 4.69) is 5.32 Å². The van der Waals surface area contributed by atoms with Gasteiger partial charge in [-0.3, -0.25) is 0 Å². The highest BCUT2D eigenvalue weighted by Gasteiger charge is 2.21. The molecule has 106 valence electrons. The number of hydrogen-bond acceptors (Lipinski definition) is 3. The third-order valence-corrected chi connectivity index (χ3v) is 2.49. The predicted octanol–water partition coefficient (Wildman–Crippen LogP) is 3.25. The average molecular weight is 275 g/mol. The van der Waals surface area contributed by atoms with Gasteiger partial charge in [-0.1, -0.05) is 13.3 Å². The minimum Gasteiger partial charge on any atom is -0.464 e. The zero-order chi connectivity index (χ0) is 14.4. The van der Waals surface area contributed by atoms with Crippen LogP contribution in [0.2, 0.25) is 0 Å². The summed E-state index contributed by atoms with van der Waals surface area (Å²) >= 11 is 0. The monoisotopic (exact) mass is 275 g/mol. The van der Waals surface area contributed by atoms with Gasteiger partial charge in [-0.2, -0.15) is 0 Å². The summed E-state index contributed by atoms with van der Waals surface area (Å²) in [5, 5.41) is 2.54. The van der Waals surface area contributed by atoms with Crippen LogP contribution in [0.3, 0.4) is 0 Å². The van der Waals surface area contributed by atoms with E-state index in [1.165, 1.54) is 0 Å². The van der Waals surface area contributed by atoms with Crippen LogP contribution in [-0.2, 0) is 9.53 Å². The third kappa shape index (κ3) is 4.15. The zero-order valence-electron chi connectivity index (χ0n) is 10.8. The predicted molar refractivity (Wildman–Crippen MR) is 65.3 cm³/mol. The molecule has 0 saturated carbocycles. The van der Waals surface area contributed by atoms with Gasteiger partial charge in [-0.15, -0.1) is 0 Å². The molecule has 0 radical (unpaired) electrons. The Kier molecular flexibility index (Phi) is 5.66. The fourth-order valence-corrected chi connectivity index (χ4v) is 1.60. The van der Waals surface area contributed by atoms with E-state index in [9.17, 15) is 18.0 Å². The lowest BCUT2D eigenvalue weighted by Gasteiger charge is -2.18. The normalized spacial score (nSPS) is 12.1. The van der Waals surface area contributed by atoms with Crippen LogP contribution in [0.4, 0.5) is 18.9 Å². The van der Waals surface area contributed by atoms with E-state index >= 15 is 0 Å². The molecular formula is C13H16F3NO2. The molecule has 1 aromatic rings. The molecule has 1 rings (SSSR count). The quantitative estimate of drug-likeness (QED) is 0.639. The molecule has 0 aliphatic heterocycles.